The minimum absolute atomic E-state index is 0.184. The maximum absolute atomic E-state index is 10.3. The van der Waals surface area contributed by atoms with E-state index in [2.05, 4.69) is 26.1 Å². The van der Waals surface area contributed by atoms with E-state index >= 15 is 0 Å². The highest BCUT2D eigenvalue weighted by atomic mass is 16.4. The lowest BCUT2D eigenvalue weighted by molar-refractivity contribution is -0.137. The number of hydrogen-bond acceptors (Lipinski definition) is 3. The van der Waals surface area contributed by atoms with Gasteiger partial charge in [-0.3, -0.25) is 9.59 Å². The summed E-state index contributed by atoms with van der Waals surface area (Å²) in [5.41, 5.74) is 0.184. The smallest absolute Gasteiger partial charge is 0.305 e. The van der Waals surface area contributed by atoms with Gasteiger partial charge in [-0.15, -0.1) is 0 Å². The average molecular weight is 200 g/mol. The fourth-order valence-corrected chi connectivity index (χ4v) is 0.952. The summed E-state index contributed by atoms with van der Waals surface area (Å²) in [6, 6.07) is -0.685. The highest BCUT2D eigenvalue weighted by molar-refractivity contribution is 5.73. The van der Waals surface area contributed by atoms with Crippen LogP contribution in [0.1, 0.15) is 33.6 Å². The molecular formula is C10H18NO3. The third-order valence-electron chi connectivity index (χ3n) is 1.79. The van der Waals surface area contributed by atoms with Gasteiger partial charge in [-0.2, -0.15) is 0 Å². The average Bonchev–Trinajstić information content (AvgIpc) is 1.99. The quantitative estimate of drug-likeness (QED) is 0.670. The second kappa shape index (κ2) is 5.75. The van der Waals surface area contributed by atoms with Crippen LogP contribution in [-0.2, 0) is 9.59 Å². The van der Waals surface area contributed by atoms with E-state index in [-0.39, 0.29) is 11.8 Å². The summed E-state index contributed by atoms with van der Waals surface area (Å²) >= 11 is 0. The monoisotopic (exact) mass is 200 g/mol. The van der Waals surface area contributed by atoms with Crippen molar-refractivity contribution in [3.05, 3.63) is 0 Å². The molecule has 0 aliphatic heterocycles. The molecule has 1 radical (unpaired) electrons. The molecular weight excluding hydrogens is 182 g/mol. The SMILES string of the molecule is CC(C)(C)CCN[C@H]([C]=O)CC(=O)O. The second-order valence-electron chi connectivity index (χ2n) is 4.53. The third kappa shape index (κ3) is 7.73. The summed E-state index contributed by atoms with van der Waals surface area (Å²) < 4.78 is 0. The third-order valence-corrected chi connectivity index (χ3v) is 1.79. The van der Waals surface area contributed by atoms with Crippen LogP contribution in [0.2, 0.25) is 0 Å². The number of carboxylic acid groups (broad SMARTS) is 1. The molecule has 0 spiro atoms. The number of aliphatic carboxylic acids is 1. The Hall–Kier alpha value is -0.900. The first-order valence-corrected chi connectivity index (χ1v) is 4.68. The molecule has 4 nitrogen and oxygen atoms in total. The molecule has 1 atom stereocenters. The molecule has 14 heavy (non-hydrogen) atoms. The predicted octanol–water partition coefficient (Wildman–Crippen LogP) is 0.965. The van der Waals surface area contributed by atoms with Crippen LogP contribution in [0.25, 0.3) is 0 Å². The van der Waals surface area contributed by atoms with E-state index in [4.69, 9.17) is 5.11 Å². The molecule has 0 saturated carbocycles. The van der Waals surface area contributed by atoms with Crippen molar-refractivity contribution in [1.82, 2.24) is 5.32 Å². The molecule has 0 saturated heterocycles. The topological polar surface area (TPSA) is 66.4 Å². The van der Waals surface area contributed by atoms with Gasteiger partial charge in [0.1, 0.15) is 0 Å². The van der Waals surface area contributed by atoms with Crippen molar-refractivity contribution in [2.24, 2.45) is 5.41 Å². The normalized spacial score (nSPS) is 13.6. The van der Waals surface area contributed by atoms with Crippen LogP contribution in [-0.4, -0.2) is 29.9 Å². The zero-order valence-electron chi connectivity index (χ0n) is 8.96. The van der Waals surface area contributed by atoms with E-state index in [1.807, 2.05) is 0 Å². The lowest BCUT2D eigenvalue weighted by atomic mass is 9.92. The van der Waals surface area contributed by atoms with Gasteiger partial charge < -0.3 is 10.4 Å². The van der Waals surface area contributed by atoms with Gasteiger partial charge >= 0.3 is 5.97 Å². The Balaban J connectivity index is 3.74. The standard InChI is InChI=1S/C10H18NO3/c1-10(2,3)4-5-11-8(7-12)6-9(13)14/h8,11H,4-6H2,1-3H3,(H,13,14)/t8-/m0/s1. The largest absolute Gasteiger partial charge is 0.481 e. The van der Waals surface area contributed by atoms with Gasteiger partial charge in [0.25, 0.3) is 0 Å². The van der Waals surface area contributed by atoms with E-state index < -0.39 is 12.0 Å². The van der Waals surface area contributed by atoms with E-state index in [0.29, 0.717) is 6.54 Å². The molecule has 0 aliphatic rings. The molecule has 0 amide bonds. The summed E-state index contributed by atoms with van der Waals surface area (Å²) in [6.07, 6.45) is 2.37. The predicted molar refractivity (Wildman–Crippen MR) is 53.8 cm³/mol. The van der Waals surface area contributed by atoms with Crippen LogP contribution < -0.4 is 5.32 Å². The second-order valence-corrected chi connectivity index (χ2v) is 4.53. The number of rotatable bonds is 6. The van der Waals surface area contributed by atoms with Gasteiger partial charge in [0.15, 0.2) is 0 Å². The van der Waals surface area contributed by atoms with Crippen molar-refractivity contribution in [2.45, 2.75) is 39.7 Å². The van der Waals surface area contributed by atoms with E-state index in [1.165, 1.54) is 0 Å². The van der Waals surface area contributed by atoms with Crippen molar-refractivity contribution in [1.29, 1.82) is 0 Å². The van der Waals surface area contributed by atoms with Crippen molar-refractivity contribution >= 4 is 12.3 Å². The first kappa shape index (κ1) is 13.1. The van der Waals surface area contributed by atoms with Gasteiger partial charge in [-0.1, -0.05) is 20.8 Å². The van der Waals surface area contributed by atoms with Crippen LogP contribution in [0.3, 0.4) is 0 Å². The summed E-state index contributed by atoms with van der Waals surface area (Å²) in [7, 11) is 0. The number of hydrogen-bond donors (Lipinski definition) is 2. The Morgan fingerprint density at radius 3 is 2.43 bits per heavy atom. The summed E-state index contributed by atoms with van der Waals surface area (Å²) in [6.45, 7) is 6.90. The van der Waals surface area contributed by atoms with Crippen molar-refractivity contribution < 1.29 is 14.7 Å². The maximum atomic E-state index is 10.3. The van der Waals surface area contributed by atoms with E-state index in [9.17, 15) is 9.59 Å². The molecule has 4 heteroatoms. The van der Waals surface area contributed by atoms with Crippen LogP contribution in [0.15, 0.2) is 0 Å². The lowest BCUT2D eigenvalue weighted by Gasteiger charge is -2.19. The van der Waals surface area contributed by atoms with Crippen LogP contribution in [0, 0.1) is 5.41 Å². The van der Waals surface area contributed by atoms with E-state index in [0.717, 1.165) is 6.42 Å². The molecule has 0 fully saturated rings. The summed E-state index contributed by atoms with van der Waals surface area (Å²) in [4.78, 5) is 20.7. The molecule has 0 heterocycles. The number of carboxylic acids is 1. The maximum Gasteiger partial charge on any atom is 0.305 e. The fourth-order valence-electron chi connectivity index (χ4n) is 0.952. The van der Waals surface area contributed by atoms with Gasteiger partial charge in [-0.05, 0) is 18.4 Å². The molecule has 0 aromatic carbocycles. The van der Waals surface area contributed by atoms with Gasteiger partial charge in [0.2, 0.25) is 6.29 Å². The molecule has 0 unspecified atom stereocenters. The number of nitrogens with one attached hydrogen (secondary N) is 1. The molecule has 0 rings (SSSR count). The Kier molecular flexibility index (Phi) is 5.38. The van der Waals surface area contributed by atoms with Crippen LogP contribution >= 0.6 is 0 Å². The summed E-state index contributed by atoms with van der Waals surface area (Å²) in [5, 5.41) is 11.3. The first-order valence-electron chi connectivity index (χ1n) is 4.68. The Morgan fingerprint density at radius 2 is 2.07 bits per heavy atom. The van der Waals surface area contributed by atoms with Gasteiger partial charge in [0.05, 0.1) is 12.5 Å². The van der Waals surface area contributed by atoms with Gasteiger partial charge in [0, 0.05) is 0 Å². The lowest BCUT2D eigenvalue weighted by Crippen LogP contribution is -2.34. The van der Waals surface area contributed by atoms with E-state index in [1.54, 1.807) is 6.29 Å². The Morgan fingerprint density at radius 1 is 1.50 bits per heavy atom. The van der Waals surface area contributed by atoms with Crippen LogP contribution in [0.4, 0.5) is 0 Å². The molecule has 0 aliphatic carbocycles. The summed E-state index contributed by atoms with van der Waals surface area (Å²) in [5.74, 6) is -0.985. The van der Waals surface area contributed by atoms with Crippen molar-refractivity contribution in [3.63, 3.8) is 0 Å². The molecule has 2 N–H and O–H groups in total. The Bertz CT molecular complexity index is 196. The van der Waals surface area contributed by atoms with Crippen LogP contribution in [0.5, 0.6) is 0 Å². The zero-order valence-corrected chi connectivity index (χ0v) is 8.96. The first-order chi connectivity index (χ1) is 6.35. The van der Waals surface area contributed by atoms with Gasteiger partial charge in [-0.25, -0.2) is 0 Å². The highest BCUT2D eigenvalue weighted by Crippen LogP contribution is 2.17. The Labute approximate surface area is 84.7 Å². The zero-order chi connectivity index (χ0) is 11.2. The highest BCUT2D eigenvalue weighted by Gasteiger charge is 2.14. The molecule has 0 aromatic heterocycles. The molecule has 0 bridgehead atoms. The number of carbonyl (C=O) groups is 1. The number of carbonyl (C=O) groups excluding carboxylic acids is 1. The fraction of sp³-hybridized carbons (Fsp3) is 0.800. The molecule has 0 aromatic rings. The minimum atomic E-state index is -0.985. The van der Waals surface area contributed by atoms with Crippen molar-refractivity contribution in [2.75, 3.05) is 6.54 Å². The minimum Gasteiger partial charge on any atom is -0.481 e. The van der Waals surface area contributed by atoms with Crippen molar-refractivity contribution in [3.8, 4) is 0 Å². The molecule has 81 valence electrons.